The number of anilines is 1. The highest BCUT2D eigenvalue weighted by Crippen LogP contribution is 2.27. The van der Waals surface area contributed by atoms with E-state index in [9.17, 15) is 13.6 Å². The minimum atomic E-state index is -0.412. The number of rotatable bonds is 3. The van der Waals surface area contributed by atoms with Crippen molar-refractivity contribution in [2.24, 2.45) is 0 Å². The number of carbonyl (C=O) groups excluding carboxylic acids is 1. The molecule has 1 aromatic heterocycles. The lowest BCUT2D eigenvalue weighted by Gasteiger charge is -2.11. The Hall–Kier alpha value is -3.60. The summed E-state index contributed by atoms with van der Waals surface area (Å²) < 4.78 is 27.3. The summed E-state index contributed by atoms with van der Waals surface area (Å²) in [5, 5.41) is 3.39. The van der Waals surface area contributed by atoms with Crippen LogP contribution in [0.2, 0.25) is 0 Å². The molecule has 0 radical (unpaired) electrons. The number of para-hydroxylation sites is 1. The van der Waals surface area contributed by atoms with Crippen molar-refractivity contribution in [3.63, 3.8) is 0 Å². The van der Waals surface area contributed by atoms with Gasteiger partial charge in [-0.1, -0.05) is 30.3 Å². The predicted octanol–water partition coefficient (Wildman–Crippen LogP) is 5.43. The van der Waals surface area contributed by atoms with Gasteiger partial charge in [-0.2, -0.15) is 0 Å². The summed E-state index contributed by atoms with van der Waals surface area (Å²) in [6, 6.07) is 20.5. The minimum absolute atomic E-state index is 0.319. The smallest absolute Gasteiger partial charge is 0.256 e. The summed E-state index contributed by atoms with van der Waals surface area (Å²) >= 11 is 0. The Morgan fingerprint density at radius 1 is 0.852 bits per heavy atom. The first-order valence-corrected chi connectivity index (χ1v) is 8.33. The van der Waals surface area contributed by atoms with Crippen LogP contribution < -0.4 is 5.32 Å². The molecule has 0 atom stereocenters. The molecule has 1 N–H and O–H groups in total. The zero-order valence-corrected chi connectivity index (χ0v) is 14.1. The maximum atomic E-state index is 14.2. The van der Waals surface area contributed by atoms with Gasteiger partial charge in [0, 0.05) is 16.6 Å². The van der Waals surface area contributed by atoms with Gasteiger partial charge in [-0.15, -0.1) is 0 Å². The quantitative estimate of drug-likeness (QED) is 0.529. The third-order valence-electron chi connectivity index (χ3n) is 4.21. The molecule has 132 valence electrons. The highest BCUT2D eigenvalue weighted by Gasteiger charge is 2.15. The van der Waals surface area contributed by atoms with Crippen LogP contribution in [0.1, 0.15) is 10.4 Å². The lowest BCUT2D eigenvalue weighted by molar-refractivity contribution is 0.102. The molecule has 4 aromatic rings. The Kier molecular flexibility index (Phi) is 4.34. The van der Waals surface area contributed by atoms with E-state index in [0.29, 0.717) is 33.4 Å². The Bertz CT molecular complexity index is 1140. The topological polar surface area (TPSA) is 42.0 Å². The summed E-state index contributed by atoms with van der Waals surface area (Å²) in [4.78, 5) is 17.4. The Labute approximate surface area is 154 Å². The summed E-state index contributed by atoms with van der Waals surface area (Å²) in [6.45, 7) is 0. The second-order valence-electron chi connectivity index (χ2n) is 6.01. The molecule has 0 saturated carbocycles. The second kappa shape index (κ2) is 6.96. The van der Waals surface area contributed by atoms with Crippen LogP contribution in [0.5, 0.6) is 0 Å². The van der Waals surface area contributed by atoms with Crippen LogP contribution >= 0.6 is 0 Å². The van der Waals surface area contributed by atoms with Crippen LogP contribution in [0.4, 0.5) is 14.5 Å². The second-order valence-corrected chi connectivity index (χ2v) is 6.01. The van der Waals surface area contributed by atoms with E-state index in [1.165, 1.54) is 30.3 Å². The highest BCUT2D eigenvalue weighted by molar-refractivity contribution is 6.13. The van der Waals surface area contributed by atoms with Crippen molar-refractivity contribution >= 4 is 22.5 Å². The van der Waals surface area contributed by atoms with E-state index < -0.39 is 5.82 Å². The van der Waals surface area contributed by atoms with Gasteiger partial charge in [-0.25, -0.2) is 13.8 Å². The lowest BCUT2D eigenvalue weighted by Crippen LogP contribution is -2.13. The molecular weight excluding hydrogens is 346 g/mol. The molecule has 0 spiro atoms. The number of nitrogens with one attached hydrogen (secondary N) is 1. The number of hydrogen-bond donors (Lipinski definition) is 1. The van der Waals surface area contributed by atoms with Gasteiger partial charge < -0.3 is 5.32 Å². The summed E-state index contributed by atoms with van der Waals surface area (Å²) in [6.07, 6.45) is 0. The molecule has 1 amide bonds. The number of benzene rings is 3. The molecule has 0 bridgehead atoms. The average Bonchev–Trinajstić information content (AvgIpc) is 2.69. The molecule has 0 aliphatic heterocycles. The molecule has 0 saturated heterocycles. The summed E-state index contributed by atoms with van der Waals surface area (Å²) in [7, 11) is 0. The van der Waals surface area contributed by atoms with Gasteiger partial charge in [0.1, 0.15) is 11.6 Å². The Balaban J connectivity index is 1.82. The largest absolute Gasteiger partial charge is 0.322 e. The predicted molar refractivity (Wildman–Crippen MR) is 101 cm³/mol. The molecule has 0 fully saturated rings. The standard InChI is InChI=1S/C22H14F2N2O/c23-14-9-11-15(12-10-14)25-22(27)18-13-21(17-6-1-3-7-19(17)24)26-20-8-4-2-5-16(18)20/h1-13H,(H,25,27). The number of halogens is 2. The Morgan fingerprint density at radius 2 is 1.56 bits per heavy atom. The maximum absolute atomic E-state index is 14.2. The van der Waals surface area contributed by atoms with Crippen molar-refractivity contribution in [1.82, 2.24) is 4.98 Å². The molecule has 4 rings (SSSR count). The first-order valence-electron chi connectivity index (χ1n) is 8.33. The van der Waals surface area contributed by atoms with Crippen LogP contribution in [0.15, 0.2) is 78.9 Å². The van der Waals surface area contributed by atoms with Gasteiger partial charge >= 0.3 is 0 Å². The van der Waals surface area contributed by atoms with Crippen molar-refractivity contribution in [1.29, 1.82) is 0 Å². The van der Waals surface area contributed by atoms with Crippen LogP contribution in [0.25, 0.3) is 22.2 Å². The zero-order valence-electron chi connectivity index (χ0n) is 14.1. The minimum Gasteiger partial charge on any atom is -0.322 e. The van der Waals surface area contributed by atoms with E-state index in [1.54, 1.807) is 36.4 Å². The van der Waals surface area contributed by atoms with Gasteiger partial charge in [-0.05, 0) is 48.5 Å². The van der Waals surface area contributed by atoms with Crippen LogP contribution in [-0.2, 0) is 0 Å². The fourth-order valence-electron chi connectivity index (χ4n) is 2.90. The molecular formula is C22H14F2N2O. The van der Waals surface area contributed by atoms with Crippen LogP contribution in [-0.4, -0.2) is 10.9 Å². The monoisotopic (exact) mass is 360 g/mol. The van der Waals surface area contributed by atoms with Crippen molar-refractivity contribution in [3.05, 3.63) is 96.1 Å². The number of aromatic nitrogens is 1. The molecule has 0 unspecified atom stereocenters. The van der Waals surface area contributed by atoms with Crippen LogP contribution in [0, 0.1) is 11.6 Å². The molecule has 27 heavy (non-hydrogen) atoms. The third kappa shape index (κ3) is 3.40. The fourth-order valence-corrected chi connectivity index (χ4v) is 2.90. The van der Waals surface area contributed by atoms with E-state index >= 15 is 0 Å². The van der Waals surface area contributed by atoms with E-state index in [0.717, 1.165) is 0 Å². The highest BCUT2D eigenvalue weighted by atomic mass is 19.1. The molecule has 3 aromatic carbocycles. The van der Waals surface area contributed by atoms with E-state index in [4.69, 9.17) is 0 Å². The van der Waals surface area contributed by atoms with Gasteiger partial charge in [-0.3, -0.25) is 4.79 Å². The summed E-state index contributed by atoms with van der Waals surface area (Å²) in [5.74, 6) is -1.17. The van der Waals surface area contributed by atoms with E-state index in [-0.39, 0.29) is 11.7 Å². The number of pyridine rings is 1. The Morgan fingerprint density at radius 3 is 2.33 bits per heavy atom. The van der Waals surface area contributed by atoms with Gasteiger partial charge in [0.2, 0.25) is 0 Å². The van der Waals surface area contributed by atoms with Gasteiger partial charge in [0.15, 0.2) is 0 Å². The van der Waals surface area contributed by atoms with Crippen molar-refractivity contribution in [2.75, 3.05) is 5.32 Å². The molecule has 0 aliphatic rings. The molecule has 0 aliphatic carbocycles. The van der Waals surface area contributed by atoms with Crippen molar-refractivity contribution in [2.45, 2.75) is 0 Å². The SMILES string of the molecule is O=C(Nc1ccc(F)cc1)c1cc(-c2ccccc2F)nc2ccccc12. The number of nitrogens with zero attached hydrogens (tertiary/aromatic N) is 1. The maximum Gasteiger partial charge on any atom is 0.256 e. The number of carbonyl (C=O) groups is 1. The molecule has 1 heterocycles. The molecule has 5 heteroatoms. The summed E-state index contributed by atoms with van der Waals surface area (Å²) in [5.41, 5.74) is 2.11. The van der Waals surface area contributed by atoms with Gasteiger partial charge in [0.25, 0.3) is 5.91 Å². The van der Waals surface area contributed by atoms with E-state index in [1.807, 2.05) is 12.1 Å². The third-order valence-corrected chi connectivity index (χ3v) is 4.21. The number of amides is 1. The number of fused-ring (bicyclic) bond motifs is 1. The first-order chi connectivity index (χ1) is 13.1. The normalized spacial score (nSPS) is 10.7. The first kappa shape index (κ1) is 16.8. The zero-order chi connectivity index (χ0) is 18.8. The van der Waals surface area contributed by atoms with Crippen molar-refractivity contribution < 1.29 is 13.6 Å². The van der Waals surface area contributed by atoms with Crippen molar-refractivity contribution in [3.8, 4) is 11.3 Å². The van der Waals surface area contributed by atoms with Gasteiger partial charge in [0.05, 0.1) is 16.8 Å². The number of hydrogen-bond acceptors (Lipinski definition) is 2. The fraction of sp³-hybridized carbons (Fsp3) is 0. The lowest BCUT2D eigenvalue weighted by atomic mass is 10.0. The molecule has 3 nitrogen and oxygen atoms in total. The average molecular weight is 360 g/mol. The van der Waals surface area contributed by atoms with Crippen LogP contribution in [0.3, 0.4) is 0 Å². The van der Waals surface area contributed by atoms with E-state index in [2.05, 4.69) is 10.3 Å².